The van der Waals surface area contributed by atoms with E-state index in [1.54, 1.807) is 62.4 Å². The molecule has 1 heterocycles. The third-order valence-corrected chi connectivity index (χ3v) is 4.67. The first-order valence-corrected chi connectivity index (χ1v) is 8.50. The molecule has 1 aliphatic heterocycles. The predicted octanol–water partition coefficient (Wildman–Crippen LogP) is 2.18. The van der Waals surface area contributed by atoms with Crippen LogP contribution in [0.15, 0.2) is 48.5 Å². The lowest BCUT2D eigenvalue weighted by molar-refractivity contribution is -0.143. The summed E-state index contributed by atoms with van der Waals surface area (Å²) in [6, 6.07) is 13.6. The van der Waals surface area contributed by atoms with E-state index in [-0.39, 0.29) is 23.8 Å². The molecule has 7 nitrogen and oxygen atoms in total. The molecule has 0 aromatic heterocycles. The van der Waals surface area contributed by atoms with Crippen molar-refractivity contribution >= 4 is 23.5 Å². The SMILES string of the molecule is CC1Oc2c(cccc2C(=O)NCC(C)(C(=O)O)c2ccccc2)NC1=O. The third kappa shape index (κ3) is 3.48. The fourth-order valence-corrected chi connectivity index (χ4v) is 2.87. The Balaban J connectivity index is 1.83. The van der Waals surface area contributed by atoms with Crippen LogP contribution >= 0.6 is 0 Å². The maximum atomic E-state index is 12.7. The largest absolute Gasteiger partial charge is 0.481 e. The summed E-state index contributed by atoms with van der Waals surface area (Å²) in [7, 11) is 0. The van der Waals surface area contributed by atoms with Crippen LogP contribution in [0, 0.1) is 0 Å². The van der Waals surface area contributed by atoms with Gasteiger partial charge < -0.3 is 20.5 Å². The Kier molecular flexibility index (Phi) is 4.85. The van der Waals surface area contributed by atoms with Gasteiger partial charge in [0.15, 0.2) is 11.9 Å². The van der Waals surface area contributed by atoms with Gasteiger partial charge >= 0.3 is 5.97 Å². The van der Waals surface area contributed by atoms with Crippen molar-refractivity contribution in [2.75, 3.05) is 11.9 Å². The van der Waals surface area contributed by atoms with Crippen LogP contribution in [-0.4, -0.2) is 35.5 Å². The van der Waals surface area contributed by atoms with Crippen LogP contribution in [-0.2, 0) is 15.0 Å². The topological polar surface area (TPSA) is 105 Å². The first-order valence-electron chi connectivity index (χ1n) is 8.50. The average Bonchev–Trinajstić information content (AvgIpc) is 2.67. The van der Waals surface area contributed by atoms with Gasteiger partial charge in [-0.05, 0) is 31.5 Å². The smallest absolute Gasteiger partial charge is 0.315 e. The van der Waals surface area contributed by atoms with Crippen molar-refractivity contribution in [2.24, 2.45) is 0 Å². The number of hydrogen-bond acceptors (Lipinski definition) is 4. The van der Waals surface area contributed by atoms with Gasteiger partial charge in [-0.1, -0.05) is 36.4 Å². The number of ether oxygens (including phenoxy) is 1. The molecule has 7 heteroatoms. The number of rotatable bonds is 5. The van der Waals surface area contributed by atoms with E-state index in [1.165, 1.54) is 0 Å². The predicted molar refractivity (Wildman–Crippen MR) is 98.9 cm³/mol. The van der Waals surface area contributed by atoms with E-state index in [4.69, 9.17) is 4.74 Å². The summed E-state index contributed by atoms with van der Waals surface area (Å²) in [6.45, 7) is 3.05. The quantitative estimate of drug-likeness (QED) is 0.750. The highest BCUT2D eigenvalue weighted by Gasteiger charge is 2.36. The normalized spacial score (nSPS) is 17.7. The summed E-state index contributed by atoms with van der Waals surface area (Å²) in [4.78, 5) is 36.3. The number of para-hydroxylation sites is 1. The number of benzene rings is 2. The zero-order valence-electron chi connectivity index (χ0n) is 15.0. The van der Waals surface area contributed by atoms with Crippen LogP contribution in [0.2, 0.25) is 0 Å². The van der Waals surface area contributed by atoms with Gasteiger partial charge in [0.05, 0.1) is 11.3 Å². The summed E-state index contributed by atoms with van der Waals surface area (Å²) < 4.78 is 5.57. The Bertz CT molecular complexity index is 897. The van der Waals surface area contributed by atoms with Crippen molar-refractivity contribution in [3.8, 4) is 5.75 Å². The fourth-order valence-electron chi connectivity index (χ4n) is 2.87. The molecule has 2 aromatic carbocycles. The molecule has 3 rings (SSSR count). The fraction of sp³-hybridized carbons (Fsp3) is 0.250. The number of aliphatic carboxylic acids is 1. The summed E-state index contributed by atoms with van der Waals surface area (Å²) in [6.07, 6.45) is -0.722. The Morgan fingerprint density at radius 3 is 2.56 bits per heavy atom. The number of anilines is 1. The molecule has 0 saturated carbocycles. The van der Waals surface area contributed by atoms with Crippen LogP contribution in [0.3, 0.4) is 0 Å². The molecule has 3 N–H and O–H groups in total. The molecule has 0 aliphatic carbocycles. The van der Waals surface area contributed by atoms with Gasteiger partial charge in [0.25, 0.3) is 11.8 Å². The van der Waals surface area contributed by atoms with Crippen molar-refractivity contribution in [3.05, 3.63) is 59.7 Å². The van der Waals surface area contributed by atoms with Crippen molar-refractivity contribution in [3.63, 3.8) is 0 Å². The second-order valence-electron chi connectivity index (χ2n) is 6.62. The minimum atomic E-state index is -1.28. The summed E-state index contributed by atoms with van der Waals surface area (Å²) in [5.74, 6) is -1.53. The first kappa shape index (κ1) is 18.4. The van der Waals surface area contributed by atoms with E-state index in [1.807, 2.05) is 0 Å². The molecule has 2 unspecified atom stereocenters. The number of carbonyl (C=O) groups excluding carboxylic acids is 2. The molecule has 2 amide bonds. The second kappa shape index (κ2) is 7.11. The maximum absolute atomic E-state index is 12.7. The van der Waals surface area contributed by atoms with E-state index in [2.05, 4.69) is 10.6 Å². The Morgan fingerprint density at radius 2 is 1.89 bits per heavy atom. The van der Waals surface area contributed by atoms with Gasteiger partial charge in [-0.15, -0.1) is 0 Å². The standard InChI is InChI=1S/C20H20N2O5/c1-12-17(23)22-15-10-6-9-14(16(15)27-12)18(24)21-11-20(2,19(25)26)13-7-4-3-5-8-13/h3-10,12H,11H2,1-2H3,(H,21,24)(H,22,23)(H,25,26). The zero-order chi connectivity index (χ0) is 19.6. The van der Waals surface area contributed by atoms with Crippen molar-refractivity contribution in [1.29, 1.82) is 0 Å². The minimum Gasteiger partial charge on any atom is -0.481 e. The molecule has 0 fully saturated rings. The highest BCUT2D eigenvalue weighted by molar-refractivity contribution is 6.04. The van der Waals surface area contributed by atoms with Crippen LogP contribution in [0.5, 0.6) is 5.75 Å². The lowest BCUT2D eigenvalue weighted by atomic mass is 9.82. The second-order valence-corrected chi connectivity index (χ2v) is 6.62. The summed E-state index contributed by atoms with van der Waals surface area (Å²) in [5.41, 5.74) is -0.0475. The molecule has 0 bridgehead atoms. The molecular weight excluding hydrogens is 348 g/mol. The van der Waals surface area contributed by atoms with E-state index < -0.39 is 23.4 Å². The van der Waals surface area contributed by atoms with Crippen LogP contribution < -0.4 is 15.4 Å². The Hall–Kier alpha value is -3.35. The van der Waals surface area contributed by atoms with Crippen LogP contribution in [0.4, 0.5) is 5.69 Å². The molecule has 2 aromatic rings. The lowest BCUT2D eigenvalue weighted by Gasteiger charge is -2.27. The number of fused-ring (bicyclic) bond motifs is 1. The molecule has 27 heavy (non-hydrogen) atoms. The van der Waals surface area contributed by atoms with Gasteiger partial charge in [-0.3, -0.25) is 14.4 Å². The molecular formula is C20H20N2O5. The number of amides is 2. The van der Waals surface area contributed by atoms with Gasteiger partial charge in [0.2, 0.25) is 0 Å². The molecule has 140 valence electrons. The van der Waals surface area contributed by atoms with E-state index in [0.717, 1.165) is 0 Å². The Morgan fingerprint density at radius 1 is 1.19 bits per heavy atom. The molecule has 0 saturated heterocycles. The van der Waals surface area contributed by atoms with Gasteiger partial charge in [-0.2, -0.15) is 0 Å². The number of carboxylic acid groups (broad SMARTS) is 1. The highest BCUT2D eigenvalue weighted by atomic mass is 16.5. The maximum Gasteiger partial charge on any atom is 0.315 e. The van der Waals surface area contributed by atoms with E-state index >= 15 is 0 Å². The van der Waals surface area contributed by atoms with Crippen LogP contribution in [0.1, 0.15) is 29.8 Å². The lowest BCUT2D eigenvalue weighted by Crippen LogP contribution is -2.44. The minimum absolute atomic E-state index is 0.100. The Labute approximate surface area is 156 Å². The number of carboxylic acids is 1. The molecule has 1 aliphatic rings. The number of carbonyl (C=O) groups is 3. The van der Waals surface area contributed by atoms with Crippen molar-refractivity contribution in [1.82, 2.24) is 5.32 Å². The molecule has 2 atom stereocenters. The van der Waals surface area contributed by atoms with Crippen LogP contribution in [0.25, 0.3) is 0 Å². The van der Waals surface area contributed by atoms with E-state index in [9.17, 15) is 19.5 Å². The van der Waals surface area contributed by atoms with E-state index in [0.29, 0.717) is 11.3 Å². The number of hydrogen-bond donors (Lipinski definition) is 3. The highest BCUT2D eigenvalue weighted by Crippen LogP contribution is 2.33. The van der Waals surface area contributed by atoms with Crippen molar-refractivity contribution < 1.29 is 24.2 Å². The first-order chi connectivity index (χ1) is 12.8. The summed E-state index contributed by atoms with van der Waals surface area (Å²) in [5, 5.41) is 15.1. The van der Waals surface area contributed by atoms with Gasteiger partial charge in [0, 0.05) is 6.54 Å². The molecule has 0 radical (unpaired) electrons. The zero-order valence-corrected chi connectivity index (χ0v) is 15.0. The summed E-state index contributed by atoms with van der Waals surface area (Å²) >= 11 is 0. The van der Waals surface area contributed by atoms with Gasteiger partial charge in [0.1, 0.15) is 5.41 Å². The van der Waals surface area contributed by atoms with Gasteiger partial charge in [-0.25, -0.2) is 0 Å². The average molecular weight is 368 g/mol. The van der Waals surface area contributed by atoms with Crippen molar-refractivity contribution in [2.45, 2.75) is 25.4 Å². The monoisotopic (exact) mass is 368 g/mol. The third-order valence-electron chi connectivity index (χ3n) is 4.67. The number of nitrogens with one attached hydrogen (secondary N) is 2. The molecule has 0 spiro atoms.